The number of allylic oxidation sites excluding steroid dienone is 2. The Bertz CT molecular complexity index is 641. The fourth-order valence-electron chi connectivity index (χ4n) is 4.11. The second-order valence-corrected chi connectivity index (χ2v) is 12.4. The molecule has 8 N–H and O–H groups in total. The zero-order chi connectivity index (χ0) is 35.4. The lowest BCUT2D eigenvalue weighted by atomic mass is 9.91. The number of carboxylic acids is 2. The van der Waals surface area contributed by atoms with E-state index in [4.69, 9.17) is 45.6 Å². The molecule has 276 valence electrons. The van der Waals surface area contributed by atoms with Crippen molar-refractivity contribution in [3.8, 4) is 0 Å². The van der Waals surface area contributed by atoms with Gasteiger partial charge in [0.25, 0.3) is 0 Å². The second-order valence-electron chi connectivity index (χ2n) is 12.4. The monoisotopic (exact) mass is 666 g/mol. The van der Waals surface area contributed by atoms with Gasteiger partial charge in [-0.1, -0.05) is 96.6 Å². The molecule has 0 amide bonds. The van der Waals surface area contributed by atoms with Gasteiger partial charge in [0.2, 0.25) is 0 Å². The van der Waals surface area contributed by atoms with Crippen LogP contribution in [-0.2, 0) is 14.3 Å². The zero-order valence-electron chi connectivity index (χ0n) is 29.0. The van der Waals surface area contributed by atoms with Crippen LogP contribution >= 0.6 is 0 Å². The highest BCUT2D eigenvalue weighted by molar-refractivity contribution is 5.66. The molecule has 0 bridgehead atoms. The Morgan fingerprint density at radius 3 is 1.07 bits per heavy atom. The fraction of sp³-hybridized carbons (Fsp3) is 0.886. The van der Waals surface area contributed by atoms with Gasteiger partial charge in [-0.15, -0.1) is 0 Å². The van der Waals surface area contributed by atoms with Crippen molar-refractivity contribution >= 4 is 11.9 Å². The largest absolute Gasteiger partial charge is 0.481 e. The molecular formula is C35H70O11. The molecule has 0 aliphatic heterocycles. The molecule has 0 spiro atoms. The highest BCUT2D eigenvalue weighted by atomic mass is 16.5. The standard InChI is InChI=1S/C18H34O2.C10H22O7.C7H14O2/c1-2-3-4-5-6-7-8-9-10-11-12-13-14-15-16-17-18(19)20;11-1-9(2-12,3-13)7-17-8-10(4-14,5-15)6-16;1-2-3-4-5-6-7(8)9/h9-10H,2-8,11-17H2,1H3,(H,19,20);11-16H,1-8H2;2-6H2,1H3,(H,8,9)/b10-9-;;. The van der Waals surface area contributed by atoms with Crippen molar-refractivity contribution in [2.24, 2.45) is 10.8 Å². The van der Waals surface area contributed by atoms with Crippen molar-refractivity contribution in [2.45, 2.75) is 136 Å². The number of carbonyl (C=O) groups is 2. The lowest BCUT2D eigenvalue weighted by molar-refractivity contribution is -0.138. The van der Waals surface area contributed by atoms with Gasteiger partial charge in [-0.05, 0) is 38.5 Å². The van der Waals surface area contributed by atoms with Crippen molar-refractivity contribution in [1.29, 1.82) is 0 Å². The molecule has 0 radical (unpaired) electrons. The summed E-state index contributed by atoms with van der Waals surface area (Å²) in [5.41, 5.74) is -2.32. The van der Waals surface area contributed by atoms with Crippen LogP contribution in [0.2, 0.25) is 0 Å². The summed E-state index contributed by atoms with van der Waals surface area (Å²) >= 11 is 0. The van der Waals surface area contributed by atoms with Gasteiger partial charge in [0.1, 0.15) is 0 Å². The highest BCUT2D eigenvalue weighted by Gasteiger charge is 2.32. The van der Waals surface area contributed by atoms with Crippen LogP contribution in [0.3, 0.4) is 0 Å². The number of carboxylic acid groups (broad SMARTS) is 2. The molecule has 0 heterocycles. The van der Waals surface area contributed by atoms with E-state index in [-0.39, 0.29) is 13.2 Å². The summed E-state index contributed by atoms with van der Waals surface area (Å²) in [6, 6.07) is 0. The third-order valence-electron chi connectivity index (χ3n) is 7.73. The SMILES string of the molecule is CCCCCCC(=O)O.CCCCCCCC/C=C\CCCCCCCC(=O)O.OCC(CO)(CO)COCC(CO)(CO)CO. The van der Waals surface area contributed by atoms with Crippen LogP contribution in [0.1, 0.15) is 136 Å². The summed E-state index contributed by atoms with van der Waals surface area (Å²) in [5.74, 6) is -1.34. The van der Waals surface area contributed by atoms with E-state index in [0.29, 0.717) is 12.8 Å². The van der Waals surface area contributed by atoms with Crippen LogP contribution in [0.25, 0.3) is 0 Å². The summed E-state index contributed by atoms with van der Waals surface area (Å²) < 4.78 is 5.15. The van der Waals surface area contributed by atoms with Gasteiger partial charge in [-0.3, -0.25) is 9.59 Å². The van der Waals surface area contributed by atoms with E-state index >= 15 is 0 Å². The molecule has 0 unspecified atom stereocenters. The maximum Gasteiger partial charge on any atom is 0.303 e. The molecular weight excluding hydrogens is 596 g/mol. The molecule has 0 aromatic heterocycles. The van der Waals surface area contributed by atoms with Gasteiger partial charge in [0.05, 0.1) is 63.7 Å². The Morgan fingerprint density at radius 2 is 0.761 bits per heavy atom. The molecule has 0 aromatic carbocycles. The molecule has 0 aliphatic carbocycles. The predicted molar refractivity (Wildman–Crippen MR) is 182 cm³/mol. The number of unbranched alkanes of at least 4 members (excludes halogenated alkanes) is 14. The summed E-state index contributed by atoms with van der Waals surface area (Å²) in [6.45, 7) is 1.37. The van der Waals surface area contributed by atoms with Gasteiger partial charge in [-0.25, -0.2) is 0 Å². The quantitative estimate of drug-likeness (QED) is 0.0375. The Balaban J connectivity index is -0.000000644. The molecule has 0 rings (SSSR count). The number of aliphatic hydroxyl groups is 6. The molecule has 11 heteroatoms. The number of aliphatic hydroxyl groups excluding tert-OH is 6. The number of hydrogen-bond acceptors (Lipinski definition) is 9. The molecule has 0 atom stereocenters. The molecule has 11 nitrogen and oxygen atoms in total. The van der Waals surface area contributed by atoms with Gasteiger partial charge in [0.15, 0.2) is 0 Å². The molecule has 0 saturated carbocycles. The molecule has 0 aliphatic rings. The number of ether oxygens (including phenoxy) is 1. The van der Waals surface area contributed by atoms with E-state index in [1.54, 1.807) is 0 Å². The highest BCUT2D eigenvalue weighted by Crippen LogP contribution is 2.20. The van der Waals surface area contributed by atoms with Crippen molar-refractivity contribution in [2.75, 3.05) is 52.9 Å². The van der Waals surface area contributed by atoms with Crippen molar-refractivity contribution < 1.29 is 55.2 Å². The van der Waals surface area contributed by atoms with Gasteiger partial charge < -0.3 is 45.6 Å². The molecule has 46 heavy (non-hydrogen) atoms. The summed E-state index contributed by atoms with van der Waals surface area (Å²) in [4.78, 5) is 20.3. The van der Waals surface area contributed by atoms with Gasteiger partial charge >= 0.3 is 11.9 Å². The second kappa shape index (κ2) is 36.2. The van der Waals surface area contributed by atoms with Crippen molar-refractivity contribution in [3.05, 3.63) is 12.2 Å². The first-order valence-corrected chi connectivity index (χ1v) is 17.4. The van der Waals surface area contributed by atoms with Crippen LogP contribution in [0.4, 0.5) is 0 Å². The Kier molecular flexibility index (Phi) is 38.4. The first-order chi connectivity index (χ1) is 22.1. The summed E-state index contributed by atoms with van der Waals surface area (Å²) in [6.07, 6.45) is 25.8. The molecule has 0 saturated heterocycles. The predicted octanol–water partition coefficient (Wildman–Crippen LogP) is 5.08. The number of aliphatic carboxylic acids is 2. The van der Waals surface area contributed by atoms with E-state index < -0.39 is 62.4 Å². The van der Waals surface area contributed by atoms with Gasteiger partial charge in [-0.2, -0.15) is 0 Å². The lowest BCUT2D eigenvalue weighted by Gasteiger charge is -2.31. The normalized spacial score (nSPS) is 11.6. The van der Waals surface area contributed by atoms with E-state index in [2.05, 4.69) is 26.0 Å². The lowest BCUT2D eigenvalue weighted by Crippen LogP contribution is -2.43. The average Bonchev–Trinajstić information content (AvgIpc) is 3.06. The average molecular weight is 667 g/mol. The van der Waals surface area contributed by atoms with Gasteiger partial charge in [0, 0.05) is 12.8 Å². The zero-order valence-corrected chi connectivity index (χ0v) is 29.0. The van der Waals surface area contributed by atoms with E-state index in [9.17, 15) is 9.59 Å². The number of rotatable bonds is 30. The minimum absolute atomic E-state index is 0.141. The Morgan fingerprint density at radius 1 is 0.478 bits per heavy atom. The van der Waals surface area contributed by atoms with Crippen molar-refractivity contribution in [3.63, 3.8) is 0 Å². The fourth-order valence-corrected chi connectivity index (χ4v) is 4.11. The Labute approximate surface area is 278 Å². The van der Waals surface area contributed by atoms with Crippen LogP contribution in [0.5, 0.6) is 0 Å². The van der Waals surface area contributed by atoms with E-state index in [0.717, 1.165) is 32.1 Å². The maximum atomic E-state index is 10.3. The molecule has 0 aromatic rings. The van der Waals surface area contributed by atoms with Crippen LogP contribution in [0.15, 0.2) is 12.2 Å². The minimum Gasteiger partial charge on any atom is -0.481 e. The third-order valence-corrected chi connectivity index (χ3v) is 7.73. The molecule has 0 fully saturated rings. The van der Waals surface area contributed by atoms with E-state index in [1.165, 1.54) is 77.0 Å². The van der Waals surface area contributed by atoms with Crippen LogP contribution in [0, 0.1) is 10.8 Å². The number of hydrogen-bond donors (Lipinski definition) is 8. The van der Waals surface area contributed by atoms with Crippen LogP contribution in [-0.4, -0.2) is 106 Å². The van der Waals surface area contributed by atoms with Crippen molar-refractivity contribution in [1.82, 2.24) is 0 Å². The first-order valence-electron chi connectivity index (χ1n) is 17.4. The smallest absolute Gasteiger partial charge is 0.303 e. The Hall–Kier alpha value is -1.60. The summed E-state index contributed by atoms with van der Waals surface area (Å²) in [5, 5.41) is 70.9. The topological polar surface area (TPSA) is 205 Å². The van der Waals surface area contributed by atoms with Crippen LogP contribution < -0.4 is 0 Å². The maximum absolute atomic E-state index is 10.3. The summed E-state index contributed by atoms with van der Waals surface area (Å²) in [7, 11) is 0. The van der Waals surface area contributed by atoms with E-state index in [1.807, 2.05) is 0 Å². The third kappa shape index (κ3) is 32.3. The first kappa shape index (κ1) is 48.8. The minimum atomic E-state index is -1.16.